The number of aliphatic imine (C=N–C) groups is 1. The molecule has 0 saturated heterocycles. The summed E-state index contributed by atoms with van der Waals surface area (Å²) in [7, 11) is 0. The minimum atomic E-state index is -0.483. The van der Waals surface area contributed by atoms with Gasteiger partial charge in [0.05, 0.1) is 5.70 Å². The Morgan fingerprint density at radius 1 is 1.69 bits per heavy atom. The SMILES string of the molecule is CCO.[N-]=[N+]=NC1=CC(N)=NC2=NN=NC12. The van der Waals surface area contributed by atoms with E-state index >= 15 is 0 Å². The molecule has 0 radical (unpaired) electrons. The van der Waals surface area contributed by atoms with Crippen molar-refractivity contribution in [2.24, 2.45) is 31.3 Å². The lowest BCUT2D eigenvalue weighted by Gasteiger charge is -2.10. The fraction of sp³-hybridized carbons (Fsp3) is 0.429. The average molecular weight is 222 g/mol. The maximum absolute atomic E-state index is 8.25. The number of aliphatic hydroxyl groups excluding tert-OH is 1. The van der Waals surface area contributed by atoms with Gasteiger partial charge >= 0.3 is 0 Å². The van der Waals surface area contributed by atoms with Gasteiger partial charge in [0.1, 0.15) is 5.84 Å². The molecule has 0 aromatic heterocycles. The minimum Gasteiger partial charge on any atom is -0.397 e. The molecule has 0 aromatic carbocycles. The number of rotatable bonds is 1. The number of dihydropyridines is 1. The first kappa shape index (κ1) is 11.8. The second-order valence-electron chi connectivity index (χ2n) is 2.68. The van der Waals surface area contributed by atoms with Crippen molar-refractivity contribution in [3.63, 3.8) is 0 Å². The lowest BCUT2D eigenvalue weighted by Crippen LogP contribution is -2.25. The molecule has 9 heteroatoms. The molecule has 9 nitrogen and oxygen atoms in total. The van der Waals surface area contributed by atoms with Crippen LogP contribution < -0.4 is 5.73 Å². The van der Waals surface area contributed by atoms with Crippen molar-refractivity contribution in [2.45, 2.75) is 13.0 Å². The summed E-state index contributed by atoms with van der Waals surface area (Å²) < 4.78 is 0. The zero-order valence-corrected chi connectivity index (χ0v) is 8.52. The van der Waals surface area contributed by atoms with E-state index in [0.717, 1.165) is 0 Å². The average Bonchev–Trinajstić information content (AvgIpc) is 2.67. The maximum Gasteiger partial charge on any atom is 0.185 e. The Morgan fingerprint density at radius 2 is 2.38 bits per heavy atom. The highest BCUT2D eigenvalue weighted by atomic mass is 16.2. The van der Waals surface area contributed by atoms with E-state index in [1.807, 2.05) is 0 Å². The van der Waals surface area contributed by atoms with Crippen molar-refractivity contribution in [1.29, 1.82) is 0 Å². The predicted molar refractivity (Wildman–Crippen MR) is 57.7 cm³/mol. The van der Waals surface area contributed by atoms with Crippen LogP contribution in [-0.4, -0.2) is 29.4 Å². The maximum atomic E-state index is 8.25. The van der Waals surface area contributed by atoms with Crippen LogP contribution in [0.1, 0.15) is 6.92 Å². The summed E-state index contributed by atoms with van der Waals surface area (Å²) in [5, 5.41) is 21.8. The van der Waals surface area contributed by atoms with Crippen molar-refractivity contribution in [3.05, 3.63) is 22.2 Å². The normalized spacial score (nSPS) is 20.6. The molecule has 16 heavy (non-hydrogen) atoms. The van der Waals surface area contributed by atoms with E-state index in [2.05, 4.69) is 30.5 Å². The van der Waals surface area contributed by atoms with Crippen molar-refractivity contribution in [3.8, 4) is 0 Å². The molecule has 0 fully saturated rings. The molecule has 0 amide bonds. The third-order valence-corrected chi connectivity index (χ3v) is 1.54. The van der Waals surface area contributed by atoms with Crippen LogP contribution in [0.4, 0.5) is 0 Å². The van der Waals surface area contributed by atoms with Crippen molar-refractivity contribution >= 4 is 11.7 Å². The Hall–Kier alpha value is -2.25. The van der Waals surface area contributed by atoms with Gasteiger partial charge in [0.2, 0.25) is 0 Å². The fourth-order valence-corrected chi connectivity index (χ4v) is 1.03. The van der Waals surface area contributed by atoms with Gasteiger partial charge in [-0.3, -0.25) is 0 Å². The van der Waals surface area contributed by atoms with Gasteiger partial charge in [-0.1, -0.05) is 5.11 Å². The molecule has 2 heterocycles. The van der Waals surface area contributed by atoms with E-state index in [0.29, 0.717) is 11.5 Å². The standard InChI is InChI=1S/C5H4N8.C2H6O/c6-3-1-2(9-12-7)4-5(8-3)11-13-10-4;1-2-3/h1,4H,(H2,6,8,10,11);3H,2H2,1H3. The number of fused-ring (bicyclic) bond motifs is 1. The Labute approximate surface area is 90.7 Å². The van der Waals surface area contributed by atoms with Gasteiger partial charge in [-0.05, 0) is 23.8 Å². The van der Waals surface area contributed by atoms with Crippen LogP contribution in [0.15, 0.2) is 37.3 Å². The predicted octanol–water partition coefficient (Wildman–Crippen LogP) is 0.698. The number of nitrogens with zero attached hydrogens (tertiary/aromatic N) is 7. The third kappa shape index (κ3) is 2.62. The lowest BCUT2D eigenvalue weighted by atomic mass is 10.1. The van der Waals surface area contributed by atoms with Crippen LogP contribution in [0.2, 0.25) is 0 Å². The van der Waals surface area contributed by atoms with Gasteiger partial charge in [0.15, 0.2) is 11.9 Å². The number of azide groups is 1. The first-order chi connectivity index (χ1) is 7.72. The number of hydrogen-bond acceptors (Lipinski definition) is 7. The van der Waals surface area contributed by atoms with Crippen LogP contribution in [0.5, 0.6) is 0 Å². The van der Waals surface area contributed by atoms with Gasteiger partial charge < -0.3 is 10.8 Å². The second kappa shape index (κ2) is 5.59. The van der Waals surface area contributed by atoms with Crippen molar-refractivity contribution in [2.75, 3.05) is 6.61 Å². The topological polar surface area (TPSA) is 144 Å². The molecular weight excluding hydrogens is 212 g/mol. The molecule has 0 bridgehead atoms. The van der Waals surface area contributed by atoms with Crippen molar-refractivity contribution in [1.82, 2.24) is 0 Å². The summed E-state index contributed by atoms with van der Waals surface area (Å²) in [4.78, 5) is 6.52. The smallest absolute Gasteiger partial charge is 0.185 e. The van der Waals surface area contributed by atoms with E-state index in [1.54, 1.807) is 6.92 Å². The number of aliphatic hydroxyl groups is 1. The highest BCUT2D eigenvalue weighted by molar-refractivity contribution is 6.08. The van der Waals surface area contributed by atoms with Gasteiger partial charge in [-0.25, -0.2) is 4.99 Å². The summed E-state index contributed by atoms with van der Waals surface area (Å²) in [5.74, 6) is 0.604. The first-order valence-corrected chi connectivity index (χ1v) is 4.42. The van der Waals surface area contributed by atoms with E-state index in [4.69, 9.17) is 16.4 Å². The molecule has 2 aliphatic heterocycles. The fourth-order valence-electron chi connectivity index (χ4n) is 1.03. The van der Waals surface area contributed by atoms with E-state index in [-0.39, 0.29) is 12.4 Å². The molecule has 1 unspecified atom stereocenters. The van der Waals surface area contributed by atoms with Crippen LogP contribution in [0, 0.1) is 0 Å². The Balaban J connectivity index is 0.000000386. The first-order valence-electron chi connectivity index (χ1n) is 4.42. The summed E-state index contributed by atoms with van der Waals surface area (Å²) in [6.45, 7) is 1.93. The summed E-state index contributed by atoms with van der Waals surface area (Å²) in [6.07, 6.45) is 1.45. The van der Waals surface area contributed by atoms with E-state index in [9.17, 15) is 0 Å². The molecule has 0 aromatic rings. The number of amidine groups is 2. The molecule has 0 aliphatic carbocycles. The Kier molecular flexibility index (Phi) is 4.13. The Morgan fingerprint density at radius 3 is 3.00 bits per heavy atom. The minimum absolute atomic E-state index is 0.240. The van der Waals surface area contributed by atoms with Crippen LogP contribution >= 0.6 is 0 Å². The molecule has 0 spiro atoms. The zero-order valence-electron chi connectivity index (χ0n) is 8.52. The van der Waals surface area contributed by atoms with Crippen LogP contribution in [-0.2, 0) is 0 Å². The molecule has 2 rings (SSSR count). The summed E-state index contributed by atoms with van der Waals surface area (Å²) >= 11 is 0. The zero-order chi connectivity index (χ0) is 12.0. The molecule has 1 atom stereocenters. The monoisotopic (exact) mass is 222 g/mol. The molecule has 2 aliphatic rings. The highest BCUT2D eigenvalue weighted by Gasteiger charge is 2.27. The highest BCUT2D eigenvalue weighted by Crippen LogP contribution is 2.20. The second-order valence-corrected chi connectivity index (χ2v) is 2.68. The third-order valence-electron chi connectivity index (χ3n) is 1.54. The quantitative estimate of drug-likeness (QED) is 0.382. The van der Waals surface area contributed by atoms with Crippen LogP contribution in [0.3, 0.4) is 0 Å². The van der Waals surface area contributed by atoms with E-state index in [1.165, 1.54) is 6.08 Å². The Bertz CT molecular complexity index is 428. The van der Waals surface area contributed by atoms with Gasteiger partial charge in [0, 0.05) is 11.5 Å². The number of nitrogens with two attached hydrogens (primary N) is 1. The molecule has 3 N–H and O–H groups in total. The van der Waals surface area contributed by atoms with Crippen LogP contribution in [0.25, 0.3) is 10.4 Å². The van der Waals surface area contributed by atoms with Gasteiger partial charge in [-0.15, -0.1) is 5.10 Å². The van der Waals surface area contributed by atoms with Gasteiger partial charge in [-0.2, -0.15) is 5.11 Å². The summed E-state index contributed by atoms with van der Waals surface area (Å²) in [5.41, 5.74) is 14.1. The number of hydrogen-bond donors (Lipinski definition) is 2. The van der Waals surface area contributed by atoms with Gasteiger partial charge in [0.25, 0.3) is 0 Å². The summed E-state index contributed by atoms with van der Waals surface area (Å²) in [6, 6.07) is -0.483. The molecular formula is C7H10N8O. The molecule has 84 valence electrons. The van der Waals surface area contributed by atoms with Crippen molar-refractivity contribution < 1.29 is 5.11 Å². The largest absolute Gasteiger partial charge is 0.397 e. The lowest BCUT2D eigenvalue weighted by molar-refractivity contribution is 0.318. The van der Waals surface area contributed by atoms with E-state index < -0.39 is 6.04 Å². The molecule has 0 saturated carbocycles.